The molecule has 0 aromatic heterocycles. The van der Waals surface area contributed by atoms with Gasteiger partial charge in [-0.2, -0.15) is 0 Å². The molecule has 0 saturated carbocycles. The largest absolute Gasteiger partial charge is 0.316 e. The van der Waals surface area contributed by atoms with Crippen molar-refractivity contribution in [2.24, 2.45) is 0 Å². The number of nitrogens with one attached hydrogen (secondary N) is 1. The highest BCUT2D eigenvalue weighted by atomic mass is 35.5. The third-order valence-electron chi connectivity index (χ3n) is 3.29. The monoisotopic (exact) mass is 380 g/mol. The molecule has 11 nitrogen and oxygen atoms in total. The topological polar surface area (TPSA) is 159 Å². The van der Waals surface area contributed by atoms with E-state index in [2.05, 4.69) is 5.32 Å². The molecule has 0 unspecified atom stereocenters. The van der Waals surface area contributed by atoms with Crippen molar-refractivity contribution in [1.82, 2.24) is 0 Å². The number of carbonyl (C=O) groups excluding carboxylic acids is 1. The van der Waals surface area contributed by atoms with Crippen LogP contribution in [0.4, 0.5) is 22.7 Å². The Balaban J connectivity index is 2.50. The number of anilines is 1. The summed E-state index contributed by atoms with van der Waals surface area (Å²) in [5.41, 5.74) is -2.08. The molecule has 0 aliphatic rings. The van der Waals surface area contributed by atoms with Crippen LogP contribution in [0.1, 0.15) is 15.9 Å². The van der Waals surface area contributed by atoms with Crippen LogP contribution in [0.15, 0.2) is 30.3 Å². The Hall–Kier alpha value is -3.60. The zero-order valence-corrected chi connectivity index (χ0v) is 13.7. The minimum absolute atomic E-state index is 0.161. The Morgan fingerprint density at radius 1 is 0.923 bits per heavy atom. The molecule has 12 heteroatoms. The van der Waals surface area contributed by atoms with E-state index >= 15 is 0 Å². The standard InChI is InChI=1S/C14H9ClN4O7/c1-7-2-3-9(10(4-7)17(21)22)16-14(20)8-5-11(18(23)24)13(15)12(6-8)19(25)26/h2-6H,1H3,(H,16,20). The molecule has 1 amide bonds. The lowest BCUT2D eigenvalue weighted by Crippen LogP contribution is -2.14. The molecule has 0 atom stereocenters. The Bertz CT molecular complexity index is 925. The number of rotatable bonds is 5. The predicted molar refractivity (Wildman–Crippen MR) is 90.5 cm³/mol. The van der Waals surface area contributed by atoms with Crippen molar-refractivity contribution in [3.05, 3.63) is 76.8 Å². The second kappa shape index (κ2) is 7.11. The van der Waals surface area contributed by atoms with E-state index in [1.165, 1.54) is 18.2 Å². The highest BCUT2D eigenvalue weighted by Gasteiger charge is 2.28. The molecule has 0 fully saturated rings. The van der Waals surface area contributed by atoms with Gasteiger partial charge in [0.1, 0.15) is 5.69 Å². The van der Waals surface area contributed by atoms with Crippen LogP contribution in [0.25, 0.3) is 0 Å². The minimum atomic E-state index is -1.00. The van der Waals surface area contributed by atoms with Crippen LogP contribution < -0.4 is 5.32 Å². The van der Waals surface area contributed by atoms with E-state index in [-0.39, 0.29) is 5.69 Å². The van der Waals surface area contributed by atoms with E-state index in [0.29, 0.717) is 5.56 Å². The summed E-state index contributed by atoms with van der Waals surface area (Å²) in [6, 6.07) is 5.53. The average molecular weight is 381 g/mol. The number of nitrogens with zero attached hydrogens (tertiary/aromatic N) is 3. The van der Waals surface area contributed by atoms with Crippen LogP contribution in [0.5, 0.6) is 0 Å². The third-order valence-corrected chi connectivity index (χ3v) is 3.68. The van der Waals surface area contributed by atoms with Crippen LogP contribution in [-0.2, 0) is 0 Å². The average Bonchev–Trinajstić information content (AvgIpc) is 2.55. The molecule has 0 heterocycles. The van der Waals surface area contributed by atoms with Crippen molar-refractivity contribution in [2.75, 3.05) is 5.32 Å². The third kappa shape index (κ3) is 3.72. The minimum Gasteiger partial charge on any atom is -0.316 e. The van der Waals surface area contributed by atoms with E-state index < -0.39 is 48.3 Å². The van der Waals surface area contributed by atoms with E-state index in [1.54, 1.807) is 6.92 Å². The number of hydrogen-bond acceptors (Lipinski definition) is 7. The second-order valence-electron chi connectivity index (χ2n) is 5.07. The summed E-state index contributed by atoms with van der Waals surface area (Å²) in [5, 5.41) is 34.6. The van der Waals surface area contributed by atoms with Crippen molar-refractivity contribution < 1.29 is 19.6 Å². The number of carbonyl (C=O) groups is 1. The molecule has 26 heavy (non-hydrogen) atoms. The number of halogens is 1. The maximum atomic E-state index is 12.3. The summed E-state index contributed by atoms with van der Waals surface area (Å²) in [6.07, 6.45) is 0. The lowest BCUT2D eigenvalue weighted by molar-refractivity contribution is -0.393. The predicted octanol–water partition coefficient (Wildman–Crippen LogP) is 3.63. The number of nitro groups is 3. The first-order valence-corrected chi connectivity index (χ1v) is 7.18. The van der Waals surface area contributed by atoms with Gasteiger partial charge in [0.25, 0.3) is 23.0 Å². The van der Waals surface area contributed by atoms with Crippen molar-refractivity contribution in [1.29, 1.82) is 0 Å². The van der Waals surface area contributed by atoms with Crippen LogP contribution in [0.2, 0.25) is 5.02 Å². The molecule has 0 saturated heterocycles. The number of aryl methyl sites for hydroxylation is 1. The van der Waals surface area contributed by atoms with Crippen LogP contribution in [0, 0.1) is 37.3 Å². The maximum absolute atomic E-state index is 12.3. The van der Waals surface area contributed by atoms with Gasteiger partial charge in [-0.3, -0.25) is 35.1 Å². The van der Waals surface area contributed by atoms with E-state index in [4.69, 9.17) is 11.6 Å². The lowest BCUT2D eigenvalue weighted by atomic mass is 10.1. The van der Waals surface area contributed by atoms with Gasteiger partial charge in [0.15, 0.2) is 5.02 Å². The van der Waals surface area contributed by atoms with Gasteiger partial charge in [0.05, 0.1) is 20.3 Å². The second-order valence-corrected chi connectivity index (χ2v) is 5.45. The maximum Gasteiger partial charge on any atom is 0.295 e. The fraction of sp³-hybridized carbons (Fsp3) is 0.0714. The van der Waals surface area contributed by atoms with Gasteiger partial charge in [0.2, 0.25) is 0 Å². The molecule has 0 aliphatic carbocycles. The quantitative estimate of drug-likeness (QED) is 0.612. The zero-order chi connectivity index (χ0) is 19.6. The smallest absolute Gasteiger partial charge is 0.295 e. The van der Waals surface area contributed by atoms with Crippen LogP contribution in [0.3, 0.4) is 0 Å². The first kappa shape index (κ1) is 18.7. The zero-order valence-electron chi connectivity index (χ0n) is 13.0. The van der Waals surface area contributed by atoms with Crippen molar-refractivity contribution in [3.8, 4) is 0 Å². The molecule has 1 N–H and O–H groups in total. The number of amides is 1. The summed E-state index contributed by atoms with van der Waals surface area (Å²) in [7, 11) is 0. The molecule has 2 aromatic rings. The summed E-state index contributed by atoms with van der Waals surface area (Å²) in [4.78, 5) is 42.7. The fourth-order valence-corrected chi connectivity index (χ4v) is 2.33. The summed E-state index contributed by atoms with van der Waals surface area (Å²) in [6.45, 7) is 1.62. The first-order valence-electron chi connectivity index (χ1n) is 6.80. The van der Waals surface area contributed by atoms with Gasteiger partial charge in [0, 0.05) is 18.2 Å². The molecule has 2 aromatic carbocycles. The molecule has 0 bridgehead atoms. The normalized spacial score (nSPS) is 10.2. The number of hydrogen-bond donors (Lipinski definition) is 1. The summed E-state index contributed by atoms with van der Waals surface area (Å²) in [5.74, 6) is -1.00. The number of benzene rings is 2. The lowest BCUT2D eigenvalue weighted by Gasteiger charge is -2.07. The van der Waals surface area contributed by atoms with Gasteiger partial charge < -0.3 is 5.32 Å². The molecule has 0 spiro atoms. The Morgan fingerprint density at radius 2 is 1.42 bits per heavy atom. The van der Waals surface area contributed by atoms with E-state index in [1.807, 2.05) is 0 Å². The highest BCUT2D eigenvalue weighted by Crippen LogP contribution is 2.35. The molecular weight excluding hydrogens is 372 g/mol. The van der Waals surface area contributed by atoms with Crippen molar-refractivity contribution in [3.63, 3.8) is 0 Å². The van der Waals surface area contributed by atoms with Gasteiger partial charge in [-0.05, 0) is 18.6 Å². The van der Waals surface area contributed by atoms with Crippen molar-refractivity contribution in [2.45, 2.75) is 6.92 Å². The van der Waals surface area contributed by atoms with Gasteiger partial charge in [-0.15, -0.1) is 0 Å². The SMILES string of the molecule is Cc1ccc(NC(=O)c2cc([N+](=O)[O-])c(Cl)c([N+](=O)[O-])c2)c([N+](=O)[O-])c1. The Kier molecular flexibility index (Phi) is 5.12. The van der Waals surface area contributed by atoms with E-state index in [9.17, 15) is 35.1 Å². The van der Waals surface area contributed by atoms with E-state index in [0.717, 1.165) is 12.1 Å². The Labute approximate surface area is 149 Å². The van der Waals surface area contributed by atoms with Crippen LogP contribution in [-0.4, -0.2) is 20.7 Å². The highest BCUT2D eigenvalue weighted by molar-refractivity contribution is 6.35. The Morgan fingerprint density at radius 3 is 1.88 bits per heavy atom. The summed E-state index contributed by atoms with van der Waals surface area (Å²) < 4.78 is 0. The van der Waals surface area contributed by atoms with Crippen molar-refractivity contribution >= 4 is 40.3 Å². The molecule has 0 aliphatic heterocycles. The van der Waals surface area contributed by atoms with Gasteiger partial charge in [-0.1, -0.05) is 17.7 Å². The molecule has 134 valence electrons. The van der Waals surface area contributed by atoms with Gasteiger partial charge in [-0.25, -0.2) is 0 Å². The van der Waals surface area contributed by atoms with Crippen LogP contribution >= 0.6 is 11.6 Å². The molecule has 2 rings (SSSR count). The molecular formula is C14H9ClN4O7. The first-order chi connectivity index (χ1) is 12.1. The summed E-state index contributed by atoms with van der Waals surface area (Å²) >= 11 is 5.62. The van der Waals surface area contributed by atoms with Gasteiger partial charge >= 0.3 is 0 Å². The fourth-order valence-electron chi connectivity index (χ4n) is 2.08. The molecule has 0 radical (unpaired) electrons. The number of nitro benzene ring substituents is 3.